The van der Waals surface area contributed by atoms with E-state index in [9.17, 15) is 29.6 Å². The van der Waals surface area contributed by atoms with E-state index in [1.54, 1.807) is 0 Å². The first-order chi connectivity index (χ1) is 25.7. The second-order valence-corrected chi connectivity index (χ2v) is 19.0. The topological polar surface area (TPSA) is 146 Å². The van der Waals surface area contributed by atoms with Gasteiger partial charge in [-0.1, -0.05) is 188 Å². The Bertz CT molecular complexity index is 903. The Morgan fingerprint density at radius 3 is 1.41 bits per heavy atom. The minimum Gasteiger partial charge on any atom is -0.390 e. The second-order valence-electron chi connectivity index (χ2n) is 17.5. The molecule has 0 aromatic rings. The van der Waals surface area contributed by atoms with Crippen molar-refractivity contribution in [2.45, 2.75) is 225 Å². The molecule has 10 nitrogen and oxygen atoms in total. The van der Waals surface area contributed by atoms with Crippen LogP contribution in [0.25, 0.3) is 0 Å². The molecule has 2 unspecified atom stereocenters. The summed E-state index contributed by atoms with van der Waals surface area (Å²) in [5, 5.41) is 35.1. The van der Waals surface area contributed by atoms with Crippen molar-refractivity contribution in [3.05, 3.63) is 0 Å². The maximum Gasteiger partial charge on any atom is 0.472 e. The van der Waals surface area contributed by atoms with Gasteiger partial charge in [-0.25, -0.2) is 4.57 Å². The van der Waals surface area contributed by atoms with Crippen LogP contribution in [0.15, 0.2) is 0 Å². The van der Waals surface area contributed by atoms with E-state index in [1.165, 1.54) is 116 Å². The predicted molar refractivity (Wildman–Crippen MR) is 224 cm³/mol. The molecule has 0 saturated carbocycles. The third-order valence-corrected chi connectivity index (χ3v) is 11.5. The SMILES string of the molecule is CCCCCCCCCCCCCCCCCCCC(O)C(=O)N[C@@H](COP(=O)(O)OCC[N+](C)(C)C)[C@H](O)[C@H](O)CCCCCCCCCCC(C)C. The monoisotopic (exact) mass is 794 g/mol. The van der Waals surface area contributed by atoms with Crippen molar-refractivity contribution in [1.29, 1.82) is 0 Å². The van der Waals surface area contributed by atoms with Crippen LogP contribution >= 0.6 is 7.82 Å². The lowest BCUT2D eigenvalue weighted by Crippen LogP contribution is -2.53. The highest BCUT2D eigenvalue weighted by atomic mass is 31.2. The summed E-state index contributed by atoms with van der Waals surface area (Å²) in [5.74, 6) is 0.0625. The zero-order valence-electron chi connectivity index (χ0n) is 36.1. The number of phosphoric ester groups is 1. The van der Waals surface area contributed by atoms with E-state index in [1.807, 2.05) is 21.1 Å². The van der Waals surface area contributed by atoms with Gasteiger partial charge < -0.3 is 30.0 Å². The number of rotatable bonds is 40. The van der Waals surface area contributed by atoms with Crippen LogP contribution < -0.4 is 5.32 Å². The Morgan fingerprint density at radius 2 is 1.00 bits per heavy atom. The molecule has 324 valence electrons. The Hall–Kier alpha value is -0.580. The number of likely N-dealkylation sites (N-methyl/N-ethyl adjacent to an activating group) is 1. The fourth-order valence-corrected chi connectivity index (χ4v) is 7.48. The number of aliphatic hydroxyl groups excluding tert-OH is 3. The molecule has 0 aromatic heterocycles. The zero-order chi connectivity index (χ0) is 40.5. The molecule has 0 fully saturated rings. The predicted octanol–water partition coefficient (Wildman–Crippen LogP) is 9.99. The molecule has 0 rings (SSSR count). The Morgan fingerprint density at radius 1 is 0.611 bits per heavy atom. The highest BCUT2D eigenvalue weighted by molar-refractivity contribution is 7.47. The van der Waals surface area contributed by atoms with Gasteiger partial charge in [-0.15, -0.1) is 0 Å². The molecule has 0 aliphatic rings. The third kappa shape index (κ3) is 34.7. The number of unbranched alkanes of at least 4 members (excludes halogenated alkanes) is 23. The number of quaternary nitrogens is 1. The maximum atomic E-state index is 13.0. The van der Waals surface area contributed by atoms with Crippen molar-refractivity contribution in [2.75, 3.05) is 40.9 Å². The van der Waals surface area contributed by atoms with Gasteiger partial charge >= 0.3 is 7.82 Å². The van der Waals surface area contributed by atoms with Crippen molar-refractivity contribution in [3.63, 3.8) is 0 Å². The minimum atomic E-state index is -4.48. The normalized spacial score (nSPS) is 15.6. The first-order valence-corrected chi connectivity index (χ1v) is 23.9. The smallest absolute Gasteiger partial charge is 0.390 e. The van der Waals surface area contributed by atoms with Gasteiger partial charge in [-0.3, -0.25) is 13.8 Å². The quantitative estimate of drug-likeness (QED) is 0.0234. The van der Waals surface area contributed by atoms with Crippen LogP contribution in [0.3, 0.4) is 0 Å². The first kappa shape index (κ1) is 53.4. The van der Waals surface area contributed by atoms with Crippen LogP contribution in [0.2, 0.25) is 0 Å². The van der Waals surface area contributed by atoms with Gasteiger partial charge in [-0.2, -0.15) is 0 Å². The van der Waals surface area contributed by atoms with Crippen molar-refractivity contribution >= 4 is 13.7 Å². The average molecular weight is 794 g/mol. The standard InChI is InChI=1S/C43H89N2O8P/c1-7-8-9-10-11-12-13-14-15-16-17-18-19-20-25-28-31-34-41(47)43(49)44-39(37-53-54(50,51)52-36-35-45(4,5)6)42(48)40(46)33-30-27-24-22-21-23-26-29-32-38(2)3/h38-42,46-48H,7-37H2,1-6H3,(H-,44,49,50,51)/p+1/t39-,40+,41?,42-/m0/s1. The summed E-state index contributed by atoms with van der Waals surface area (Å²) in [6.07, 6.45) is 28.1. The van der Waals surface area contributed by atoms with Crippen molar-refractivity contribution in [2.24, 2.45) is 5.92 Å². The molecule has 0 aromatic carbocycles. The fourth-order valence-electron chi connectivity index (χ4n) is 6.75. The summed E-state index contributed by atoms with van der Waals surface area (Å²) >= 11 is 0. The average Bonchev–Trinajstić information content (AvgIpc) is 3.10. The highest BCUT2D eigenvalue weighted by Crippen LogP contribution is 2.43. The van der Waals surface area contributed by atoms with Crippen LogP contribution in [0.1, 0.15) is 201 Å². The molecule has 54 heavy (non-hydrogen) atoms. The van der Waals surface area contributed by atoms with Gasteiger partial charge in [0.1, 0.15) is 25.4 Å². The lowest BCUT2D eigenvalue weighted by molar-refractivity contribution is -0.870. The Kier molecular flexibility index (Phi) is 34.1. The molecular weight excluding hydrogens is 703 g/mol. The third-order valence-electron chi connectivity index (χ3n) is 10.5. The van der Waals surface area contributed by atoms with Gasteiger partial charge in [0.25, 0.3) is 0 Å². The zero-order valence-corrected chi connectivity index (χ0v) is 37.0. The number of hydrogen-bond acceptors (Lipinski definition) is 7. The largest absolute Gasteiger partial charge is 0.472 e. The molecule has 0 aliphatic heterocycles. The summed E-state index contributed by atoms with van der Waals surface area (Å²) in [7, 11) is 1.30. The van der Waals surface area contributed by atoms with E-state index in [-0.39, 0.29) is 13.0 Å². The van der Waals surface area contributed by atoms with E-state index in [0.29, 0.717) is 30.3 Å². The molecule has 5 atom stereocenters. The molecule has 0 bridgehead atoms. The van der Waals surface area contributed by atoms with E-state index in [0.717, 1.165) is 44.4 Å². The van der Waals surface area contributed by atoms with Crippen LogP contribution in [-0.4, -0.2) is 95.9 Å². The van der Waals surface area contributed by atoms with Crippen molar-refractivity contribution in [1.82, 2.24) is 5.32 Å². The van der Waals surface area contributed by atoms with Crippen LogP contribution in [-0.2, 0) is 18.4 Å². The summed E-state index contributed by atoms with van der Waals surface area (Å²) in [4.78, 5) is 23.2. The number of phosphoric acid groups is 1. The molecule has 0 spiro atoms. The van der Waals surface area contributed by atoms with E-state index >= 15 is 0 Å². The lowest BCUT2D eigenvalue weighted by atomic mass is 9.99. The van der Waals surface area contributed by atoms with Gasteiger partial charge in [0, 0.05) is 0 Å². The number of nitrogens with one attached hydrogen (secondary N) is 1. The van der Waals surface area contributed by atoms with Gasteiger partial charge in [-0.05, 0) is 18.8 Å². The fraction of sp³-hybridized carbons (Fsp3) is 0.977. The minimum absolute atomic E-state index is 0.0184. The van der Waals surface area contributed by atoms with Crippen molar-refractivity contribution < 1.29 is 43.1 Å². The van der Waals surface area contributed by atoms with E-state index in [2.05, 4.69) is 26.1 Å². The van der Waals surface area contributed by atoms with Crippen molar-refractivity contribution in [3.8, 4) is 0 Å². The first-order valence-electron chi connectivity index (χ1n) is 22.5. The molecular formula is C43H90N2O8P+. The van der Waals surface area contributed by atoms with Crippen LogP contribution in [0, 0.1) is 5.92 Å². The molecule has 1 amide bonds. The van der Waals surface area contributed by atoms with Crippen LogP contribution in [0.4, 0.5) is 0 Å². The number of hydrogen-bond donors (Lipinski definition) is 5. The van der Waals surface area contributed by atoms with Gasteiger partial charge in [0.2, 0.25) is 5.91 Å². The number of aliphatic hydroxyl groups is 3. The molecule has 0 aliphatic carbocycles. The Balaban J connectivity index is 4.56. The second kappa shape index (κ2) is 34.5. The molecule has 11 heteroatoms. The molecule has 5 N–H and O–H groups in total. The Labute approximate surface area is 333 Å². The van der Waals surface area contributed by atoms with Crippen LogP contribution in [0.5, 0.6) is 0 Å². The molecule has 0 saturated heterocycles. The molecule has 0 heterocycles. The number of nitrogens with zero attached hydrogens (tertiary/aromatic N) is 1. The van der Waals surface area contributed by atoms with Gasteiger partial charge in [0.15, 0.2) is 0 Å². The summed E-state index contributed by atoms with van der Waals surface area (Å²) in [6, 6.07) is -1.20. The molecule has 0 radical (unpaired) electrons. The number of carbonyl (C=O) groups is 1. The number of amides is 1. The summed E-state index contributed by atoms with van der Waals surface area (Å²) < 4.78 is 23.4. The maximum absolute atomic E-state index is 13.0. The summed E-state index contributed by atoms with van der Waals surface area (Å²) in [5.41, 5.74) is 0. The summed E-state index contributed by atoms with van der Waals surface area (Å²) in [6.45, 7) is 6.68. The van der Waals surface area contributed by atoms with Gasteiger partial charge in [0.05, 0.1) is 39.9 Å². The lowest BCUT2D eigenvalue weighted by Gasteiger charge is -2.29. The number of carbonyl (C=O) groups excluding carboxylic acids is 1. The van der Waals surface area contributed by atoms with E-state index in [4.69, 9.17) is 9.05 Å². The van der Waals surface area contributed by atoms with E-state index < -0.39 is 44.7 Å². The highest BCUT2D eigenvalue weighted by Gasteiger charge is 2.33.